The van der Waals surface area contributed by atoms with E-state index in [1.165, 1.54) is 22.3 Å². The highest BCUT2D eigenvalue weighted by atomic mass is 15.0. The van der Waals surface area contributed by atoms with Crippen molar-refractivity contribution < 1.29 is 0 Å². The number of hydrogen-bond acceptors (Lipinski definition) is 4. The minimum atomic E-state index is 0.0659. The fourth-order valence-corrected chi connectivity index (χ4v) is 6.35. The van der Waals surface area contributed by atoms with Gasteiger partial charge in [-0.05, 0) is 117 Å². The van der Waals surface area contributed by atoms with Crippen LogP contribution in [0.2, 0.25) is 0 Å². The molecule has 0 unspecified atom stereocenters. The topological polar surface area (TPSA) is 48.1 Å². The largest absolute Gasteiger partial charge is 0.354 e. The van der Waals surface area contributed by atoms with Gasteiger partial charge in [-0.15, -0.1) is 0 Å². The lowest BCUT2D eigenvalue weighted by atomic mass is 9.87. The molecular formula is C48H62N4. The van der Waals surface area contributed by atoms with E-state index in [0.29, 0.717) is 0 Å². The van der Waals surface area contributed by atoms with Gasteiger partial charge in [-0.25, -0.2) is 0 Å². The highest BCUT2D eigenvalue weighted by molar-refractivity contribution is 6.01. The van der Waals surface area contributed by atoms with Gasteiger partial charge in [0.1, 0.15) is 0 Å². The average Bonchev–Trinajstić information content (AvgIpc) is 3.06. The third-order valence-electron chi connectivity index (χ3n) is 10.1. The van der Waals surface area contributed by atoms with Gasteiger partial charge in [0, 0.05) is 22.7 Å². The molecule has 5 rings (SSSR count). The summed E-state index contributed by atoms with van der Waals surface area (Å²) in [5, 5.41) is 15.5. The van der Waals surface area contributed by atoms with E-state index in [4.69, 9.17) is 0 Å². The molecule has 4 N–H and O–H groups in total. The number of rotatable bonds is 8. The zero-order chi connectivity index (χ0) is 38.2. The summed E-state index contributed by atoms with van der Waals surface area (Å²) in [5.41, 5.74) is 16.0. The van der Waals surface area contributed by atoms with Gasteiger partial charge < -0.3 is 21.3 Å². The van der Waals surface area contributed by atoms with Crippen molar-refractivity contribution in [1.29, 1.82) is 0 Å². The summed E-state index contributed by atoms with van der Waals surface area (Å²) < 4.78 is 0. The Morgan fingerprint density at radius 1 is 0.269 bits per heavy atom. The van der Waals surface area contributed by atoms with Crippen LogP contribution in [0.15, 0.2) is 97.1 Å². The highest BCUT2D eigenvalue weighted by Crippen LogP contribution is 2.48. The van der Waals surface area contributed by atoms with Crippen LogP contribution in [-0.2, 0) is 21.7 Å². The molecule has 0 spiro atoms. The Hall–Kier alpha value is -4.70. The van der Waals surface area contributed by atoms with Crippen LogP contribution in [0.1, 0.15) is 116 Å². The molecule has 0 radical (unpaired) electrons. The first-order chi connectivity index (χ1) is 24.1. The fourth-order valence-electron chi connectivity index (χ4n) is 6.35. The summed E-state index contributed by atoms with van der Waals surface area (Å²) in [7, 11) is 0. The third kappa shape index (κ3) is 9.02. The molecule has 0 aromatic heterocycles. The predicted molar refractivity (Wildman–Crippen MR) is 230 cm³/mol. The van der Waals surface area contributed by atoms with Crippen LogP contribution in [-0.4, -0.2) is 0 Å². The summed E-state index contributed by atoms with van der Waals surface area (Å²) >= 11 is 0. The fraction of sp³-hybridized carbons (Fsp3) is 0.375. The second kappa shape index (κ2) is 14.4. The molecule has 0 aliphatic carbocycles. The Labute approximate surface area is 314 Å². The lowest BCUT2D eigenvalue weighted by molar-refractivity contribution is 0.590. The molecule has 0 saturated carbocycles. The first kappa shape index (κ1) is 38.5. The zero-order valence-electron chi connectivity index (χ0n) is 34.2. The molecule has 0 bridgehead atoms. The van der Waals surface area contributed by atoms with E-state index in [2.05, 4.69) is 215 Å². The van der Waals surface area contributed by atoms with Crippen molar-refractivity contribution in [2.45, 2.75) is 119 Å². The van der Waals surface area contributed by atoms with Crippen molar-refractivity contribution in [3.8, 4) is 0 Å². The minimum Gasteiger partial charge on any atom is -0.354 e. The number of benzene rings is 5. The highest BCUT2D eigenvalue weighted by Gasteiger charge is 2.24. The Morgan fingerprint density at radius 3 is 0.615 bits per heavy atom. The summed E-state index contributed by atoms with van der Waals surface area (Å²) in [6, 6.07) is 35.4. The molecule has 52 heavy (non-hydrogen) atoms. The van der Waals surface area contributed by atoms with E-state index in [1.54, 1.807) is 0 Å². The monoisotopic (exact) mass is 694 g/mol. The second-order valence-electron chi connectivity index (χ2n) is 18.6. The molecule has 5 aromatic carbocycles. The standard InChI is InChI=1S/C48H62N4/c1-31-32(2)42(50-38-25-17-34(18-26-38)46(6,7)8)44(52-40-29-21-36(22-30-40)48(12,13)14)43(51-39-27-19-35(20-28-39)47(9,10)11)41(31)49-37-23-15-33(16-24-37)45(3,4)5/h15-30,49-52H,1-14H3. The first-order valence-corrected chi connectivity index (χ1v) is 18.8. The van der Waals surface area contributed by atoms with Crippen molar-refractivity contribution in [3.05, 3.63) is 130 Å². The van der Waals surface area contributed by atoms with Crippen molar-refractivity contribution in [1.82, 2.24) is 0 Å². The zero-order valence-corrected chi connectivity index (χ0v) is 34.2. The maximum Gasteiger partial charge on any atom is 0.0887 e. The van der Waals surface area contributed by atoms with Crippen LogP contribution in [0, 0.1) is 13.8 Å². The number of nitrogens with one attached hydrogen (secondary N) is 4. The van der Waals surface area contributed by atoms with Gasteiger partial charge in [-0.1, -0.05) is 132 Å². The summed E-state index contributed by atoms with van der Waals surface area (Å²) in [6.07, 6.45) is 0. The number of hydrogen-bond donors (Lipinski definition) is 4. The van der Waals surface area contributed by atoms with Gasteiger partial charge in [0.05, 0.1) is 22.7 Å². The van der Waals surface area contributed by atoms with Crippen LogP contribution < -0.4 is 21.3 Å². The van der Waals surface area contributed by atoms with E-state index < -0.39 is 0 Å². The van der Waals surface area contributed by atoms with Crippen LogP contribution in [0.25, 0.3) is 0 Å². The predicted octanol–water partition coefficient (Wildman–Crippen LogP) is 14.5. The molecule has 0 amide bonds. The van der Waals surface area contributed by atoms with Crippen molar-refractivity contribution in [2.75, 3.05) is 21.3 Å². The van der Waals surface area contributed by atoms with E-state index in [0.717, 1.165) is 56.6 Å². The normalized spacial score (nSPS) is 12.4. The summed E-state index contributed by atoms with van der Waals surface area (Å²) in [6.45, 7) is 31.5. The minimum absolute atomic E-state index is 0.0659. The van der Waals surface area contributed by atoms with Crippen LogP contribution in [0.4, 0.5) is 45.5 Å². The quantitative estimate of drug-likeness (QED) is 0.131. The van der Waals surface area contributed by atoms with Gasteiger partial charge >= 0.3 is 0 Å². The molecule has 4 nitrogen and oxygen atoms in total. The Bertz CT molecular complexity index is 1820. The van der Waals surface area contributed by atoms with E-state index in [1.807, 2.05) is 0 Å². The van der Waals surface area contributed by atoms with E-state index in [-0.39, 0.29) is 21.7 Å². The van der Waals surface area contributed by atoms with Gasteiger partial charge in [0.15, 0.2) is 0 Å². The molecule has 4 heteroatoms. The van der Waals surface area contributed by atoms with E-state index >= 15 is 0 Å². The van der Waals surface area contributed by atoms with E-state index in [9.17, 15) is 0 Å². The Morgan fingerprint density at radius 2 is 0.442 bits per heavy atom. The summed E-state index contributed by atoms with van der Waals surface area (Å²) in [5.74, 6) is 0. The van der Waals surface area contributed by atoms with Crippen LogP contribution >= 0.6 is 0 Å². The Balaban J connectivity index is 1.71. The molecule has 0 heterocycles. The second-order valence-corrected chi connectivity index (χ2v) is 18.6. The number of anilines is 8. The molecule has 0 aliphatic heterocycles. The van der Waals surface area contributed by atoms with Gasteiger partial charge in [0.25, 0.3) is 0 Å². The molecular weight excluding hydrogens is 633 g/mol. The maximum atomic E-state index is 3.89. The lowest BCUT2D eigenvalue weighted by Gasteiger charge is -2.28. The van der Waals surface area contributed by atoms with Crippen LogP contribution in [0.3, 0.4) is 0 Å². The average molecular weight is 695 g/mol. The van der Waals surface area contributed by atoms with Crippen molar-refractivity contribution >= 4 is 45.5 Å². The molecule has 274 valence electrons. The molecule has 0 fully saturated rings. The summed E-state index contributed by atoms with van der Waals surface area (Å²) in [4.78, 5) is 0. The maximum absolute atomic E-state index is 3.89. The lowest BCUT2D eigenvalue weighted by Crippen LogP contribution is -2.12. The molecule has 0 aliphatic rings. The van der Waals surface area contributed by atoms with Crippen molar-refractivity contribution in [3.63, 3.8) is 0 Å². The molecule has 0 atom stereocenters. The smallest absolute Gasteiger partial charge is 0.0887 e. The first-order valence-electron chi connectivity index (χ1n) is 18.8. The third-order valence-corrected chi connectivity index (χ3v) is 10.1. The SMILES string of the molecule is Cc1c(C)c(Nc2ccc(C(C)(C)C)cc2)c(Nc2ccc(C(C)(C)C)cc2)c(Nc2ccc(C(C)(C)C)cc2)c1Nc1ccc(C(C)(C)C)cc1. The van der Waals surface area contributed by atoms with Crippen molar-refractivity contribution in [2.24, 2.45) is 0 Å². The van der Waals surface area contributed by atoms with Crippen LogP contribution in [0.5, 0.6) is 0 Å². The Kier molecular flexibility index (Phi) is 10.7. The van der Waals surface area contributed by atoms with Gasteiger partial charge in [-0.2, -0.15) is 0 Å². The molecule has 0 saturated heterocycles. The molecule has 5 aromatic rings. The van der Waals surface area contributed by atoms with Gasteiger partial charge in [-0.3, -0.25) is 0 Å². The van der Waals surface area contributed by atoms with Gasteiger partial charge in [0.2, 0.25) is 0 Å².